The lowest BCUT2D eigenvalue weighted by Crippen LogP contribution is -2.20. The van der Waals surface area contributed by atoms with Crippen LogP contribution in [0.4, 0.5) is 11.4 Å². The van der Waals surface area contributed by atoms with Crippen molar-refractivity contribution in [1.82, 2.24) is 0 Å². The molecule has 33 heavy (non-hydrogen) atoms. The molecule has 0 fully saturated rings. The van der Waals surface area contributed by atoms with Crippen LogP contribution in [0.3, 0.4) is 0 Å². The minimum absolute atomic E-state index is 0.103. The first-order chi connectivity index (χ1) is 16.0. The summed E-state index contributed by atoms with van der Waals surface area (Å²) in [6, 6.07) is 19.5. The Bertz CT molecular complexity index is 1070. The van der Waals surface area contributed by atoms with Crippen molar-refractivity contribution in [3.63, 3.8) is 0 Å². The number of nitrogens with one attached hydrogen (secondary N) is 2. The highest BCUT2D eigenvalue weighted by Gasteiger charge is 2.14. The maximum atomic E-state index is 12.4. The molecule has 3 aromatic rings. The summed E-state index contributed by atoms with van der Waals surface area (Å²) < 4.78 is 18.0. The van der Waals surface area contributed by atoms with Crippen LogP contribution in [-0.2, 0) is 11.3 Å². The first kappa shape index (κ1) is 24.7. The number of hydrogen-bond acceptors (Lipinski definition) is 5. The summed E-state index contributed by atoms with van der Waals surface area (Å²) in [4.78, 5) is 12.4. The Morgan fingerprint density at radius 1 is 0.909 bits per heavy atom. The van der Waals surface area contributed by atoms with E-state index in [0.717, 1.165) is 31.8 Å². The van der Waals surface area contributed by atoms with Crippen molar-refractivity contribution in [2.45, 2.75) is 27.3 Å². The fraction of sp³-hybridized carbons (Fsp3) is 0.269. The maximum absolute atomic E-state index is 12.4. The summed E-state index contributed by atoms with van der Waals surface area (Å²) >= 11 is 2.21. The third kappa shape index (κ3) is 7.56. The molecular formula is C26H29IN2O4. The number of carbonyl (C=O) groups is 1. The highest BCUT2D eigenvalue weighted by molar-refractivity contribution is 14.1. The second-order valence-electron chi connectivity index (χ2n) is 7.36. The lowest BCUT2D eigenvalue weighted by molar-refractivity contribution is -0.118. The molecule has 0 aliphatic rings. The van der Waals surface area contributed by atoms with Crippen molar-refractivity contribution >= 4 is 39.9 Å². The quantitative estimate of drug-likeness (QED) is 0.281. The molecule has 1 amide bonds. The van der Waals surface area contributed by atoms with E-state index in [1.807, 2.05) is 81.4 Å². The number of rotatable bonds is 11. The Labute approximate surface area is 208 Å². The van der Waals surface area contributed by atoms with E-state index in [-0.39, 0.29) is 12.5 Å². The van der Waals surface area contributed by atoms with Gasteiger partial charge >= 0.3 is 0 Å². The predicted octanol–water partition coefficient (Wildman–Crippen LogP) is 6.03. The van der Waals surface area contributed by atoms with E-state index in [4.69, 9.17) is 14.2 Å². The van der Waals surface area contributed by atoms with Crippen molar-refractivity contribution in [2.75, 3.05) is 30.5 Å². The minimum atomic E-state index is -0.222. The van der Waals surface area contributed by atoms with Gasteiger partial charge in [-0.1, -0.05) is 12.1 Å². The molecule has 0 aliphatic carbocycles. The van der Waals surface area contributed by atoms with Crippen LogP contribution in [0.5, 0.6) is 17.2 Å². The van der Waals surface area contributed by atoms with Gasteiger partial charge in [-0.25, -0.2) is 0 Å². The van der Waals surface area contributed by atoms with E-state index in [0.29, 0.717) is 31.3 Å². The summed E-state index contributed by atoms with van der Waals surface area (Å²) in [6.07, 6.45) is 0. The first-order valence-electron chi connectivity index (χ1n) is 10.9. The van der Waals surface area contributed by atoms with Gasteiger partial charge in [0.1, 0.15) is 5.75 Å². The molecule has 0 saturated carbocycles. The van der Waals surface area contributed by atoms with Crippen LogP contribution in [0.1, 0.15) is 25.0 Å². The molecule has 0 heterocycles. The monoisotopic (exact) mass is 560 g/mol. The van der Waals surface area contributed by atoms with Gasteiger partial charge in [-0.2, -0.15) is 0 Å². The second kappa shape index (κ2) is 12.3. The highest BCUT2D eigenvalue weighted by atomic mass is 127. The standard InChI is InChI=1S/C26H29IN2O4/c1-4-31-22-11-9-20(10-12-22)28-16-19-14-23(27)26(24(15-19)32-5-2)33-17-25(30)29-21-8-6-7-18(3)13-21/h6-15,28H,4-5,16-17H2,1-3H3,(H,29,30). The van der Waals surface area contributed by atoms with Crippen LogP contribution in [0, 0.1) is 10.5 Å². The van der Waals surface area contributed by atoms with Crippen molar-refractivity contribution in [2.24, 2.45) is 0 Å². The number of carbonyl (C=O) groups excluding carboxylic acids is 1. The van der Waals surface area contributed by atoms with E-state index in [1.165, 1.54) is 0 Å². The highest BCUT2D eigenvalue weighted by Crippen LogP contribution is 2.34. The lowest BCUT2D eigenvalue weighted by Gasteiger charge is -2.16. The van der Waals surface area contributed by atoms with Gasteiger partial charge in [0.15, 0.2) is 18.1 Å². The number of aryl methyl sites for hydroxylation is 1. The van der Waals surface area contributed by atoms with Crippen LogP contribution >= 0.6 is 22.6 Å². The fourth-order valence-corrected chi connectivity index (χ4v) is 4.05. The predicted molar refractivity (Wildman–Crippen MR) is 141 cm³/mol. The molecule has 0 saturated heterocycles. The van der Waals surface area contributed by atoms with Crippen molar-refractivity contribution in [3.05, 3.63) is 75.4 Å². The molecule has 0 spiro atoms. The molecule has 3 aromatic carbocycles. The molecule has 174 valence electrons. The Balaban J connectivity index is 1.64. The van der Waals surface area contributed by atoms with E-state index in [1.54, 1.807) is 0 Å². The van der Waals surface area contributed by atoms with Gasteiger partial charge < -0.3 is 24.8 Å². The SMILES string of the molecule is CCOc1ccc(NCc2cc(I)c(OCC(=O)Nc3cccc(C)c3)c(OCC)c2)cc1. The number of amides is 1. The first-order valence-corrected chi connectivity index (χ1v) is 12.0. The third-order valence-corrected chi connectivity index (χ3v) is 5.48. The summed E-state index contributed by atoms with van der Waals surface area (Å²) in [5, 5.41) is 6.27. The number of ether oxygens (including phenoxy) is 3. The molecule has 0 atom stereocenters. The van der Waals surface area contributed by atoms with Crippen LogP contribution in [0.25, 0.3) is 0 Å². The topological polar surface area (TPSA) is 68.8 Å². The summed E-state index contributed by atoms with van der Waals surface area (Å²) in [6.45, 7) is 7.53. The van der Waals surface area contributed by atoms with Crippen LogP contribution in [0.2, 0.25) is 0 Å². The average Bonchev–Trinajstić information content (AvgIpc) is 2.78. The Kier molecular flexibility index (Phi) is 9.24. The van der Waals surface area contributed by atoms with Gasteiger partial charge in [-0.05, 0) is 103 Å². The number of benzene rings is 3. The average molecular weight is 560 g/mol. The van der Waals surface area contributed by atoms with Crippen molar-refractivity contribution in [3.8, 4) is 17.2 Å². The van der Waals surface area contributed by atoms with Gasteiger partial charge in [0.2, 0.25) is 0 Å². The van der Waals surface area contributed by atoms with E-state index < -0.39 is 0 Å². The Morgan fingerprint density at radius 2 is 1.67 bits per heavy atom. The maximum Gasteiger partial charge on any atom is 0.262 e. The Hall–Kier alpha value is -2.94. The third-order valence-electron chi connectivity index (χ3n) is 4.68. The van der Waals surface area contributed by atoms with Crippen molar-refractivity contribution < 1.29 is 19.0 Å². The molecular weight excluding hydrogens is 531 g/mol. The van der Waals surface area contributed by atoms with Gasteiger partial charge in [0.25, 0.3) is 5.91 Å². The van der Waals surface area contributed by atoms with E-state index in [2.05, 4.69) is 33.2 Å². The van der Waals surface area contributed by atoms with Gasteiger partial charge in [0, 0.05) is 17.9 Å². The van der Waals surface area contributed by atoms with Gasteiger partial charge in [-0.3, -0.25) is 4.79 Å². The summed E-state index contributed by atoms with van der Waals surface area (Å²) in [5.41, 5.74) is 3.88. The van der Waals surface area contributed by atoms with Crippen LogP contribution in [-0.4, -0.2) is 25.7 Å². The smallest absolute Gasteiger partial charge is 0.262 e. The molecule has 3 rings (SSSR count). The van der Waals surface area contributed by atoms with Gasteiger partial charge in [0.05, 0.1) is 16.8 Å². The second-order valence-corrected chi connectivity index (χ2v) is 8.52. The number of halogens is 1. The molecule has 0 radical (unpaired) electrons. The van der Waals surface area contributed by atoms with Crippen molar-refractivity contribution in [1.29, 1.82) is 0 Å². The summed E-state index contributed by atoms with van der Waals surface area (Å²) in [5.74, 6) is 1.82. The number of anilines is 2. The zero-order valence-electron chi connectivity index (χ0n) is 19.1. The van der Waals surface area contributed by atoms with E-state index in [9.17, 15) is 4.79 Å². The Morgan fingerprint density at radius 3 is 2.36 bits per heavy atom. The largest absolute Gasteiger partial charge is 0.494 e. The minimum Gasteiger partial charge on any atom is -0.494 e. The molecule has 0 bridgehead atoms. The summed E-state index contributed by atoms with van der Waals surface area (Å²) in [7, 11) is 0. The lowest BCUT2D eigenvalue weighted by atomic mass is 10.2. The normalized spacial score (nSPS) is 10.4. The fourth-order valence-electron chi connectivity index (χ4n) is 3.22. The van der Waals surface area contributed by atoms with Gasteiger partial charge in [-0.15, -0.1) is 0 Å². The molecule has 7 heteroatoms. The van der Waals surface area contributed by atoms with Crippen LogP contribution < -0.4 is 24.8 Å². The molecule has 0 aromatic heterocycles. The number of hydrogen-bond donors (Lipinski definition) is 2. The zero-order chi connectivity index (χ0) is 23.6. The molecule has 6 nitrogen and oxygen atoms in total. The molecule has 0 aliphatic heterocycles. The molecule has 2 N–H and O–H groups in total. The molecule has 0 unspecified atom stereocenters. The van der Waals surface area contributed by atoms with E-state index >= 15 is 0 Å². The van der Waals surface area contributed by atoms with Crippen LogP contribution in [0.15, 0.2) is 60.7 Å². The zero-order valence-corrected chi connectivity index (χ0v) is 21.3.